The van der Waals surface area contributed by atoms with E-state index in [0.29, 0.717) is 34.0 Å². The number of aryl methyl sites for hydroxylation is 3. The lowest BCUT2D eigenvalue weighted by molar-refractivity contribution is -0.116. The average Bonchev–Trinajstić information content (AvgIpc) is 2.82. The van der Waals surface area contributed by atoms with E-state index in [1.54, 1.807) is 37.4 Å². The molecule has 0 saturated heterocycles. The Kier molecular flexibility index (Phi) is 6.80. The molecule has 0 aliphatic heterocycles. The van der Waals surface area contributed by atoms with Crippen molar-refractivity contribution in [2.45, 2.75) is 26.3 Å². The van der Waals surface area contributed by atoms with Gasteiger partial charge in [0.2, 0.25) is 5.91 Å². The van der Waals surface area contributed by atoms with Crippen LogP contribution in [0.4, 0.5) is 5.69 Å². The van der Waals surface area contributed by atoms with Crippen molar-refractivity contribution in [1.29, 1.82) is 0 Å². The molecular weight excluding hydrogens is 436 g/mol. The third kappa shape index (κ3) is 5.26. The minimum absolute atomic E-state index is 0.133. The first-order chi connectivity index (χ1) is 15.9. The summed E-state index contributed by atoms with van der Waals surface area (Å²) in [6.45, 7) is 1.92. The van der Waals surface area contributed by atoms with E-state index in [2.05, 4.69) is 29.6 Å². The summed E-state index contributed by atoms with van der Waals surface area (Å²) in [5, 5.41) is 4.12. The quantitative estimate of drug-likeness (QED) is 0.402. The van der Waals surface area contributed by atoms with E-state index in [1.807, 2.05) is 25.1 Å². The number of rotatable bonds is 7. The molecule has 1 aromatic heterocycles. The monoisotopic (exact) mass is 460 g/mol. The lowest BCUT2D eigenvalue weighted by Crippen LogP contribution is -2.30. The maximum Gasteiger partial charge on any atom is 0.254 e. The Morgan fingerprint density at radius 3 is 2.48 bits per heavy atom. The van der Waals surface area contributed by atoms with Crippen LogP contribution in [0.5, 0.6) is 5.75 Å². The molecule has 0 aliphatic rings. The van der Waals surface area contributed by atoms with Gasteiger partial charge >= 0.3 is 0 Å². The highest BCUT2D eigenvalue weighted by molar-refractivity contribution is 6.33. The zero-order chi connectivity index (χ0) is 23.4. The summed E-state index contributed by atoms with van der Waals surface area (Å²) in [5.41, 5.74) is 4.00. The van der Waals surface area contributed by atoms with Gasteiger partial charge in [-0.1, -0.05) is 53.6 Å². The van der Waals surface area contributed by atoms with Crippen molar-refractivity contribution in [2.75, 3.05) is 12.4 Å². The summed E-state index contributed by atoms with van der Waals surface area (Å²) in [6.07, 6.45) is 1.32. The molecule has 1 amide bonds. The molecule has 168 valence electrons. The van der Waals surface area contributed by atoms with Crippen molar-refractivity contribution in [2.24, 2.45) is 0 Å². The number of para-hydroxylation sites is 1. The van der Waals surface area contributed by atoms with Crippen LogP contribution in [-0.4, -0.2) is 17.6 Å². The number of benzene rings is 3. The SMILES string of the molecule is COc1ccc2cc(CCc3ccc(C)cc3)c(=O)n(CC(=O)Nc3ccccc3Cl)c2c1. The number of pyridine rings is 1. The van der Waals surface area contributed by atoms with Crippen molar-refractivity contribution < 1.29 is 9.53 Å². The highest BCUT2D eigenvalue weighted by atomic mass is 35.5. The van der Waals surface area contributed by atoms with Crippen molar-refractivity contribution in [3.05, 3.63) is 105 Å². The molecule has 0 atom stereocenters. The number of carbonyl (C=O) groups is 1. The van der Waals surface area contributed by atoms with E-state index in [9.17, 15) is 9.59 Å². The number of fused-ring (bicyclic) bond motifs is 1. The molecule has 4 rings (SSSR count). The number of amides is 1. The van der Waals surface area contributed by atoms with Crippen LogP contribution in [-0.2, 0) is 24.2 Å². The fraction of sp³-hybridized carbons (Fsp3) is 0.185. The first-order valence-corrected chi connectivity index (χ1v) is 11.1. The van der Waals surface area contributed by atoms with Gasteiger partial charge < -0.3 is 10.1 Å². The Labute approximate surface area is 197 Å². The van der Waals surface area contributed by atoms with Crippen LogP contribution in [0, 0.1) is 6.92 Å². The molecule has 0 radical (unpaired) electrons. The maximum absolute atomic E-state index is 13.4. The minimum atomic E-state index is -0.329. The second kappa shape index (κ2) is 9.92. The van der Waals surface area contributed by atoms with Gasteiger partial charge in [0.25, 0.3) is 5.56 Å². The van der Waals surface area contributed by atoms with Crippen LogP contribution >= 0.6 is 11.6 Å². The van der Waals surface area contributed by atoms with Crippen molar-refractivity contribution in [3.8, 4) is 5.75 Å². The molecule has 4 aromatic rings. The highest BCUT2D eigenvalue weighted by Crippen LogP contribution is 2.23. The van der Waals surface area contributed by atoms with Gasteiger partial charge in [0.15, 0.2) is 0 Å². The first-order valence-electron chi connectivity index (χ1n) is 10.7. The van der Waals surface area contributed by atoms with Crippen molar-refractivity contribution >= 4 is 34.1 Å². The number of aromatic nitrogens is 1. The third-order valence-electron chi connectivity index (χ3n) is 5.63. The van der Waals surface area contributed by atoms with Crippen molar-refractivity contribution in [1.82, 2.24) is 4.57 Å². The Bertz CT molecular complexity index is 1360. The summed E-state index contributed by atoms with van der Waals surface area (Å²) in [7, 11) is 1.57. The second-order valence-corrected chi connectivity index (χ2v) is 8.41. The van der Waals surface area contributed by atoms with Gasteiger partial charge in [0.05, 0.1) is 23.3 Å². The summed E-state index contributed by atoms with van der Waals surface area (Å²) in [4.78, 5) is 26.3. The Morgan fingerprint density at radius 2 is 1.76 bits per heavy atom. The maximum atomic E-state index is 13.4. The molecule has 1 heterocycles. The highest BCUT2D eigenvalue weighted by Gasteiger charge is 2.14. The first kappa shape index (κ1) is 22.6. The van der Waals surface area contributed by atoms with Gasteiger partial charge in [0, 0.05) is 11.6 Å². The zero-order valence-corrected chi connectivity index (χ0v) is 19.4. The van der Waals surface area contributed by atoms with Crippen LogP contribution in [0.3, 0.4) is 0 Å². The minimum Gasteiger partial charge on any atom is -0.497 e. The summed E-state index contributed by atoms with van der Waals surface area (Å²) in [5.74, 6) is 0.291. The van der Waals surface area contributed by atoms with E-state index >= 15 is 0 Å². The molecule has 0 spiro atoms. The van der Waals surface area contributed by atoms with Crippen LogP contribution in [0.15, 0.2) is 77.6 Å². The van der Waals surface area contributed by atoms with E-state index < -0.39 is 0 Å². The average molecular weight is 461 g/mol. The molecule has 1 N–H and O–H groups in total. The van der Waals surface area contributed by atoms with Gasteiger partial charge in [-0.05, 0) is 61.0 Å². The standard InChI is InChI=1S/C27H25ClN2O3/c1-18-7-9-19(10-8-18)11-12-21-15-20-13-14-22(33-2)16-25(20)30(27(21)32)17-26(31)29-24-6-4-3-5-23(24)28/h3-10,13-16H,11-12,17H2,1-2H3,(H,29,31). The van der Waals surface area contributed by atoms with E-state index in [0.717, 1.165) is 17.4 Å². The fourth-order valence-corrected chi connectivity index (χ4v) is 3.99. The molecule has 0 saturated carbocycles. The predicted octanol–water partition coefficient (Wildman–Crippen LogP) is 5.40. The molecule has 0 unspecified atom stereocenters. The lowest BCUT2D eigenvalue weighted by atomic mass is 10.0. The zero-order valence-electron chi connectivity index (χ0n) is 18.6. The van der Waals surface area contributed by atoms with Crippen LogP contribution < -0.4 is 15.6 Å². The number of anilines is 1. The number of hydrogen-bond acceptors (Lipinski definition) is 3. The summed E-state index contributed by atoms with van der Waals surface area (Å²) < 4.78 is 6.85. The second-order valence-electron chi connectivity index (χ2n) is 8.00. The van der Waals surface area contributed by atoms with E-state index in [4.69, 9.17) is 16.3 Å². The van der Waals surface area contributed by atoms with Crippen LogP contribution in [0.1, 0.15) is 16.7 Å². The number of methoxy groups -OCH3 is 1. The summed E-state index contributed by atoms with van der Waals surface area (Å²) >= 11 is 6.17. The molecule has 0 bridgehead atoms. The van der Waals surface area contributed by atoms with Gasteiger partial charge in [-0.3, -0.25) is 14.2 Å². The normalized spacial score (nSPS) is 10.9. The van der Waals surface area contributed by atoms with Crippen LogP contribution in [0.2, 0.25) is 5.02 Å². The lowest BCUT2D eigenvalue weighted by Gasteiger charge is -2.15. The number of halogens is 1. The molecule has 33 heavy (non-hydrogen) atoms. The van der Waals surface area contributed by atoms with Gasteiger partial charge in [0.1, 0.15) is 12.3 Å². The van der Waals surface area contributed by atoms with Gasteiger partial charge in [-0.25, -0.2) is 0 Å². The van der Waals surface area contributed by atoms with Crippen LogP contribution in [0.25, 0.3) is 10.9 Å². The molecule has 3 aromatic carbocycles. The number of ether oxygens (including phenoxy) is 1. The Morgan fingerprint density at radius 1 is 1.00 bits per heavy atom. The third-order valence-corrected chi connectivity index (χ3v) is 5.96. The molecule has 0 aliphatic carbocycles. The Hall–Kier alpha value is -3.57. The molecular formula is C27H25ClN2O3. The largest absolute Gasteiger partial charge is 0.497 e. The van der Waals surface area contributed by atoms with E-state index in [1.165, 1.54) is 10.1 Å². The fourth-order valence-electron chi connectivity index (χ4n) is 3.80. The number of carbonyl (C=O) groups excluding carboxylic acids is 1. The number of nitrogens with zero attached hydrogens (tertiary/aromatic N) is 1. The van der Waals surface area contributed by atoms with Gasteiger partial charge in [-0.2, -0.15) is 0 Å². The molecule has 6 heteroatoms. The molecule has 5 nitrogen and oxygen atoms in total. The molecule has 0 fully saturated rings. The van der Waals surface area contributed by atoms with Crippen molar-refractivity contribution in [3.63, 3.8) is 0 Å². The smallest absolute Gasteiger partial charge is 0.254 e. The number of hydrogen-bond donors (Lipinski definition) is 1. The summed E-state index contributed by atoms with van der Waals surface area (Å²) in [6, 6.07) is 22.8. The van der Waals surface area contributed by atoms with Gasteiger partial charge in [-0.15, -0.1) is 0 Å². The predicted molar refractivity (Wildman–Crippen MR) is 133 cm³/mol. The van der Waals surface area contributed by atoms with E-state index in [-0.39, 0.29) is 18.0 Å². The number of nitrogens with one attached hydrogen (secondary N) is 1. The topological polar surface area (TPSA) is 60.3 Å². The Balaban J connectivity index is 1.68.